The highest BCUT2D eigenvalue weighted by Gasteiger charge is 2.37. The quantitative estimate of drug-likeness (QED) is 0.633. The van der Waals surface area contributed by atoms with Crippen molar-refractivity contribution in [1.82, 2.24) is 4.57 Å². The average Bonchev–Trinajstić information content (AvgIpc) is 2.63. The van der Waals surface area contributed by atoms with Gasteiger partial charge in [-0.15, -0.1) is 0 Å². The third kappa shape index (κ3) is 3.29. The molecule has 12 heteroatoms. The maximum atomic E-state index is 14.8. The number of hydrogen-bond donors (Lipinski definition) is 3. The number of aromatic carboxylic acids is 1. The highest BCUT2D eigenvalue weighted by Crippen LogP contribution is 2.38. The van der Waals surface area contributed by atoms with Crippen LogP contribution in [0.1, 0.15) is 17.3 Å². The Morgan fingerprint density at radius 3 is 2.61 bits per heavy atom. The van der Waals surface area contributed by atoms with E-state index >= 15 is 0 Å². The molecule has 1 aromatic carbocycles. The smallest absolute Gasteiger partial charge is 0.341 e. The number of dihydropyridines is 1. The number of benzene rings is 1. The van der Waals surface area contributed by atoms with E-state index in [0.29, 0.717) is 6.08 Å². The van der Waals surface area contributed by atoms with Crippen LogP contribution in [0.25, 0.3) is 10.9 Å². The van der Waals surface area contributed by atoms with Crippen LogP contribution in [0.15, 0.2) is 34.0 Å². The number of halogens is 4. The third-order valence-electron chi connectivity index (χ3n) is 5.26. The summed E-state index contributed by atoms with van der Waals surface area (Å²) in [6, 6.07) is 0.788. The molecule has 0 spiro atoms. The van der Waals surface area contributed by atoms with Crippen molar-refractivity contribution in [2.24, 2.45) is 10.7 Å². The van der Waals surface area contributed by atoms with E-state index in [2.05, 4.69) is 4.99 Å². The molecule has 1 saturated heterocycles. The van der Waals surface area contributed by atoms with Crippen LogP contribution >= 0.6 is 11.6 Å². The minimum atomic E-state index is -2.31. The summed E-state index contributed by atoms with van der Waals surface area (Å²) in [4.78, 5) is 29.4. The molecule has 4 rings (SSSR count). The van der Waals surface area contributed by atoms with E-state index in [4.69, 9.17) is 17.3 Å². The average molecular weight is 457 g/mol. The lowest BCUT2D eigenvalue weighted by Gasteiger charge is -2.38. The summed E-state index contributed by atoms with van der Waals surface area (Å²) in [6.45, 7) is 1.15. The summed E-state index contributed by atoms with van der Waals surface area (Å²) in [5, 5.41) is 18.2. The summed E-state index contributed by atoms with van der Waals surface area (Å²) in [5.41, 5.74) is 1.12. The van der Waals surface area contributed by atoms with Gasteiger partial charge in [0, 0.05) is 19.3 Å². The largest absolute Gasteiger partial charge is 0.477 e. The molecule has 2 unspecified atom stereocenters. The van der Waals surface area contributed by atoms with Crippen molar-refractivity contribution in [3.8, 4) is 0 Å². The Morgan fingerprint density at radius 1 is 1.39 bits per heavy atom. The van der Waals surface area contributed by atoms with E-state index in [9.17, 15) is 33.0 Å². The Balaban J connectivity index is 2.08. The number of aliphatic hydroxyl groups excluding tert-OH is 1. The summed E-state index contributed by atoms with van der Waals surface area (Å²) in [6.07, 6.45) is -0.875. The van der Waals surface area contributed by atoms with Gasteiger partial charge < -0.3 is 20.8 Å². The fourth-order valence-electron chi connectivity index (χ4n) is 3.55. The predicted molar refractivity (Wildman–Crippen MR) is 108 cm³/mol. The van der Waals surface area contributed by atoms with Crippen molar-refractivity contribution >= 4 is 40.0 Å². The number of aliphatic hydroxyl groups is 1. The van der Waals surface area contributed by atoms with Gasteiger partial charge in [0.2, 0.25) is 5.43 Å². The number of carboxylic acid groups (broad SMARTS) is 1. The van der Waals surface area contributed by atoms with E-state index in [1.54, 1.807) is 0 Å². The normalized spacial score (nSPS) is 24.1. The minimum Gasteiger partial charge on any atom is -0.477 e. The number of fused-ring (bicyclic) bond motifs is 1. The maximum Gasteiger partial charge on any atom is 0.341 e. The molecule has 0 radical (unpaired) electrons. The number of nitrogens with zero attached hydrogens (tertiary/aromatic N) is 3. The highest BCUT2D eigenvalue weighted by molar-refractivity contribution is 6.38. The number of allylic oxidation sites excluding steroid dienone is 1. The first-order valence-electron chi connectivity index (χ1n) is 9.07. The van der Waals surface area contributed by atoms with Crippen LogP contribution in [-0.2, 0) is 0 Å². The summed E-state index contributed by atoms with van der Waals surface area (Å²) in [5.74, 6) is -4.33. The molecular formula is C19H16ClF3N4O4. The SMILES string of the molecule is CC1(F)C=C(F)C(n2cc(C(=O)O)c(=O)c3cc(F)c(N4CC(O)C4)c(Cl)c32)=NC1N. The number of nitrogens with two attached hydrogens (primary N) is 1. The van der Waals surface area contributed by atoms with Crippen LogP contribution in [0.5, 0.6) is 0 Å². The maximum absolute atomic E-state index is 14.8. The molecular weight excluding hydrogens is 441 g/mol. The molecule has 2 atom stereocenters. The standard InChI is InChI=1S/C19H16ClF3N4O4/c1-19(23)3-11(22)16(25-18(19)24)27-6-9(17(30)31)15(29)8-2-10(21)14(12(20)13(8)27)26-4-7(28)5-26/h2-3,6-7,18,28H,4-5,24H2,1H3,(H,30,31). The Labute approximate surface area is 177 Å². The molecule has 0 saturated carbocycles. The molecule has 2 aromatic rings. The Hall–Kier alpha value is -2.89. The number of anilines is 1. The first-order valence-corrected chi connectivity index (χ1v) is 9.45. The lowest BCUT2D eigenvalue weighted by Crippen LogP contribution is -2.51. The minimum absolute atomic E-state index is 0.0693. The zero-order valence-electron chi connectivity index (χ0n) is 15.9. The topological polar surface area (TPSA) is 121 Å². The number of rotatable bonds is 2. The van der Waals surface area contributed by atoms with Gasteiger partial charge in [0.25, 0.3) is 0 Å². The molecule has 31 heavy (non-hydrogen) atoms. The highest BCUT2D eigenvalue weighted by atomic mass is 35.5. The number of β-amino-alcohol motifs (C(OH)–C–C–N with tert-alkyl or cyclic N) is 1. The van der Waals surface area contributed by atoms with Crippen LogP contribution < -0.4 is 16.1 Å². The van der Waals surface area contributed by atoms with Crippen molar-refractivity contribution in [3.05, 3.63) is 50.8 Å². The van der Waals surface area contributed by atoms with Gasteiger partial charge in [0.15, 0.2) is 17.3 Å². The fourth-order valence-corrected chi connectivity index (χ4v) is 3.95. The molecule has 8 nitrogen and oxygen atoms in total. The fraction of sp³-hybridized carbons (Fsp3) is 0.316. The molecule has 0 aliphatic carbocycles. The second-order valence-corrected chi connectivity index (χ2v) is 7.94. The lowest BCUT2D eigenvalue weighted by molar-refractivity contribution is 0.0695. The van der Waals surface area contributed by atoms with E-state index < -0.39 is 57.8 Å². The third-order valence-corrected chi connectivity index (χ3v) is 5.61. The van der Waals surface area contributed by atoms with Crippen LogP contribution in [0.3, 0.4) is 0 Å². The summed E-state index contributed by atoms with van der Waals surface area (Å²) < 4.78 is 44.8. The number of hydrogen-bond acceptors (Lipinski definition) is 6. The lowest BCUT2D eigenvalue weighted by atomic mass is 10.0. The van der Waals surface area contributed by atoms with Crippen molar-refractivity contribution < 1.29 is 28.2 Å². The van der Waals surface area contributed by atoms with Gasteiger partial charge in [-0.2, -0.15) is 0 Å². The van der Waals surface area contributed by atoms with Gasteiger partial charge in [0.1, 0.15) is 17.5 Å². The number of carboxylic acids is 1. The molecule has 4 N–H and O–H groups in total. The molecule has 2 aliphatic rings. The van der Waals surface area contributed by atoms with E-state index in [0.717, 1.165) is 23.8 Å². The molecule has 164 valence electrons. The Bertz CT molecular complexity index is 1250. The molecule has 2 aliphatic heterocycles. The molecule has 3 heterocycles. The summed E-state index contributed by atoms with van der Waals surface area (Å²) in [7, 11) is 0. The number of pyridine rings is 1. The van der Waals surface area contributed by atoms with Crippen molar-refractivity contribution in [1.29, 1.82) is 0 Å². The number of carbonyl (C=O) groups is 1. The van der Waals surface area contributed by atoms with Crippen LogP contribution in [0, 0.1) is 5.82 Å². The van der Waals surface area contributed by atoms with Crippen LogP contribution in [-0.4, -0.2) is 57.6 Å². The van der Waals surface area contributed by atoms with E-state index in [1.807, 2.05) is 0 Å². The molecule has 0 bridgehead atoms. The van der Waals surface area contributed by atoms with Crippen molar-refractivity contribution in [3.63, 3.8) is 0 Å². The van der Waals surface area contributed by atoms with E-state index in [-0.39, 0.29) is 29.3 Å². The zero-order valence-corrected chi connectivity index (χ0v) is 16.7. The second-order valence-electron chi connectivity index (χ2n) is 7.56. The first kappa shape index (κ1) is 21.3. The Kier molecular flexibility index (Phi) is 4.87. The molecule has 1 fully saturated rings. The van der Waals surface area contributed by atoms with Gasteiger partial charge in [-0.25, -0.2) is 23.0 Å². The van der Waals surface area contributed by atoms with Gasteiger partial charge in [-0.1, -0.05) is 11.6 Å². The predicted octanol–water partition coefficient (Wildman–Crippen LogP) is 1.80. The van der Waals surface area contributed by atoms with Gasteiger partial charge in [0.05, 0.1) is 27.7 Å². The molecule has 1 aromatic heterocycles. The van der Waals surface area contributed by atoms with Gasteiger partial charge in [-0.05, 0) is 19.1 Å². The van der Waals surface area contributed by atoms with Crippen LogP contribution in [0.2, 0.25) is 5.02 Å². The number of aromatic nitrogens is 1. The van der Waals surface area contributed by atoms with E-state index in [1.165, 1.54) is 4.90 Å². The second kappa shape index (κ2) is 7.08. The van der Waals surface area contributed by atoms with Gasteiger partial charge >= 0.3 is 5.97 Å². The molecule has 0 amide bonds. The zero-order chi connectivity index (χ0) is 22.8. The Morgan fingerprint density at radius 2 is 2.03 bits per heavy atom. The first-order chi connectivity index (χ1) is 14.4. The number of aliphatic imine (C=N–C) groups is 1. The van der Waals surface area contributed by atoms with Gasteiger partial charge in [-0.3, -0.25) is 9.36 Å². The summed E-state index contributed by atoms with van der Waals surface area (Å²) >= 11 is 6.40. The van der Waals surface area contributed by atoms with Crippen molar-refractivity contribution in [2.75, 3.05) is 18.0 Å². The monoisotopic (exact) mass is 456 g/mol. The number of alkyl halides is 1. The van der Waals surface area contributed by atoms with Crippen molar-refractivity contribution in [2.45, 2.75) is 24.9 Å². The van der Waals surface area contributed by atoms with Crippen LogP contribution in [0.4, 0.5) is 18.9 Å².